The predicted octanol–water partition coefficient (Wildman–Crippen LogP) is 5.35. The lowest BCUT2D eigenvalue weighted by atomic mass is 10.1. The zero-order valence-corrected chi connectivity index (χ0v) is 20.7. The minimum Gasteiger partial charge on any atom is -0.481 e. The summed E-state index contributed by atoms with van der Waals surface area (Å²) >= 11 is 1.12. The van der Waals surface area contributed by atoms with E-state index in [9.17, 15) is 9.59 Å². The third kappa shape index (κ3) is 5.14. The van der Waals surface area contributed by atoms with Crippen molar-refractivity contribution >= 4 is 46.2 Å². The third-order valence-corrected chi connectivity index (χ3v) is 6.51. The molecule has 180 valence electrons. The Hall–Kier alpha value is -3.85. The second kappa shape index (κ2) is 10.6. The highest BCUT2D eigenvalue weighted by atomic mass is 32.2. The fraction of sp³-hybridized carbons (Fsp3) is 0.231. The highest BCUT2D eigenvalue weighted by Gasteiger charge is 2.29. The van der Waals surface area contributed by atoms with Gasteiger partial charge in [-0.1, -0.05) is 55.4 Å². The first kappa shape index (κ1) is 24.3. The summed E-state index contributed by atoms with van der Waals surface area (Å²) in [6.07, 6.45) is 3.41. The molecule has 1 aliphatic rings. The molecular weight excluding hydrogens is 462 g/mol. The Bertz CT molecular complexity index is 1380. The first-order valence-corrected chi connectivity index (χ1v) is 12.4. The molecule has 2 N–H and O–H groups in total. The zero-order valence-electron chi connectivity index (χ0n) is 19.9. The lowest BCUT2D eigenvalue weighted by Gasteiger charge is -2.29. The molecule has 0 atom stereocenters. The van der Waals surface area contributed by atoms with Gasteiger partial charge in [-0.3, -0.25) is 4.79 Å². The van der Waals surface area contributed by atoms with Gasteiger partial charge >= 0.3 is 12.0 Å². The number of aliphatic carboxylic acids is 1. The van der Waals surface area contributed by atoms with Crippen LogP contribution in [0.15, 0.2) is 66.1 Å². The highest BCUT2D eigenvalue weighted by molar-refractivity contribution is 7.99. The molecule has 9 heteroatoms. The van der Waals surface area contributed by atoms with Crippen molar-refractivity contribution < 1.29 is 14.7 Å². The summed E-state index contributed by atoms with van der Waals surface area (Å²) in [6.45, 7) is 7.09. The van der Waals surface area contributed by atoms with Crippen molar-refractivity contribution in [2.75, 3.05) is 10.7 Å². The van der Waals surface area contributed by atoms with E-state index < -0.39 is 5.97 Å². The topological polar surface area (TPSA) is 100 Å². The van der Waals surface area contributed by atoms with E-state index in [1.54, 1.807) is 0 Å². The van der Waals surface area contributed by atoms with Crippen LogP contribution in [0.5, 0.6) is 0 Å². The Morgan fingerprint density at radius 2 is 1.97 bits per heavy atom. The number of carbonyl (C=O) groups excluding carboxylic acids is 1. The van der Waals surface area contributed by atoms with Gasteiger partial charge in [-0.15, -0.1) is 0 Å². The van der Waals surface area contributed by atoms with Crippen molar-refractivity contribution in [1.82, 2.24) is 19.9 Å². The van der Waals surface area contributed by atoms with Gasteiger partial charge < -0.3 is 15.0 Å². The van der Waals surface area contributed by atoms with Crippen molar-refractivity contribution in [2.24, 2.45) is 0 Å². The lowest BCUT2D eigenvalue weighted by Crippen LogP contribution is -2.42. The maximum Gasteiger partial charge on any atom is 0.327 e. The lowest BCUT2D eigenvalue weighted by molar-refractivity contribution is -0.133. The number of carboxylic acids is 1. The second-order valence-electron chi connectivity index (χ2n) is 7.83. The number of aryl methyl sites for hydroxylation is 1. The Balaban J connectivity index is 0.00000141. The van der Waals surface area contributed by atoms with Gasteiger partial charge in [0.05, 0.1) is 18.0 Å². The maximum absolute atomic E-state index is 12.8. The molecule has 0 saturated carbocycles. The number of thioether (sulfide) groups is 1. The number of aromatic nitrogens is 3. The molecule has 8 nitrogen and oxygen atoms in total. The molecule has 0 bridgehead atoms. The molecule has 2 amide bonds. The maximum atomic E-state index is 12.8. The van der Waals surface area contributed by atoms with Gasteiger partial charge in [-0.25, -0.2) is 19.7 Å². The number of carbonyl (C=O) groups is 2. The van der Waals surface area contributed by atoms with Crippen LogP contribution < -0.4 is 10.2 Å². The van der Waals surface area contributed by atoms with Gasteiger partial charge in [0, 0.05) is 29.2 Å². The van der Waals surface area contributed by atoms with Crippen LogP contribution in [-0.2, 0) is 17.9 Å². The van der Waals surface area contributed by atoms with E-state index in [4.69, 9.17) is 5.11 Å². The second-order valence-corrected chi connectivity index (χ2v) is 8.80. The fourth-order valence-electron chi connectivity index (χ4n) is 4.04. The summed E-state index contributed by atoms with van der Waals surface area (Å²) in [4.78, 5) is 33.9. The monoisotopic (exact) mass is 489 g/mol. The number of fused-ring (bicyclic) bond motifs is 2. The number of anilines is 2. The molecule has 0 radical (unpaired) electrons. The van der Waals surface area contributed by atoms with Gasteiger partial charge in [0.2, 0.25) is 0 Å². The van der Waals surface area contributed by atoms with E-state index in [0.29, 0.717) is 22.1 Å². The van der Waals surface area contributed by atoms with Crippen LogP contribution in [0.1, 0.15) is 30.5 Å². The molecule has 0 spiro atoms. The van der Waals surface area contributed by atoms with Crippen LogP contribution in [-0.4, -0.2) is 37.4 Å². The molecule has 2 aromatic carbocycles. The number of amides is 2. The first-order valence-electron chi connectivity index (χ1n) is 11.4. The first-order chi connectivity index (χ1) is 17.0. The summed E-state index contributed by atoms with van der Waals surface area (Å²) in [7, 11) is 0. The smallest absolute Gasteiger partial charge is 0.327 e. The van der Waals surface area contributed by atoms with Gasteiger partial charge in [0.1, 0.15) is 11.4 Å². The summed E-state index contributed by atoms with van der Waals surface area (Å²) in [5.41, 5.74) is 4.91. The van der Waals surface area contributed by atoms with Gasteiger partial charge in [0.25, 0.3) is 0 Å². The number of hydrogen-bond donors (Lipinski definition) is 2. The normalized spacial score (nSPS) is 12.5. The summed E-state index contributed by atoms with van der Waals surface area (Å²) < 4.78 is 2.18. The number of carboxylic acid groups (broad SMARTS) is 1. The van der Waals surface area contributed by atoms with Gasteiger partial charge in [-0.2, -0.15) is 0 Å². The number of urea groups is 1. The van der Waals surface area contributed by atoms with Crippen LogP contribution in [0.2, 0.25) is 0 Å². The largest absolute Gasteiger partial charge is 0.481 e. The van der Waals surface area contributed by atoms with Crippen LogP contribution in [0.4, 0.5) is 16.3 Å². The van der Waals surface area contributed by atoms with E-state index >= 15 is 0 Å². The molecule has 2 aromatic heterocycles. The van der Waals surface area contributed by atoms with Crippen molar-refractivity contribution in [3.8, 4) is 0 Å². The van der Waals surface area contributed by atoms with E-state index in [0.717, 1.165) is 29.2 Å². The van der Waals surface area contributed by atoms with Crippen molar-refractivity contribution in [3.05, 3.63) is 77.7 Å². The number of nitrogens with one attached hydrogen (secondary N) is 1. The van der Waals surface area contributed by atoms with E-state index in [-0.39, 0.29) is 18.3 Å². The average molecular weight is 490 g/mol. The van der Waals surface area contributed by atoms with Crippen LogP contribution in [0.25, 0.3) is 10.9 Å². The Morgan fingerprint density at radius 3 is 2.74 bits per heavy atom. The Kier molecular flexibility index (Phi) is 7.36. The minimum atomic E-state index is -0.926. The molecule has 35 heavy (non-hydrogen) atoms. The molecule has 0 unspecified atom stereocenters. The van der Waals surface area contributed by atoms with Crippen LogP contribution in [0.3, 0.4) is 0 Å². The van der Waals surface area contributed by atoms with Crippen molar-refractivity contribution in [3.63, 3.8) is 0 Å². The number of benzene rings is 2. The average Bonchev–Trinajstić information content (AvgIpc) is 3.25. The van der Waals surface area contributed by atoms with Crippen molar-refractivity contribution in [1.29, 1.82) is 0 Å². The minimum absolute atomic E-state index is 0.113. The van der Waals surface area contributed by atoms with Crippen LogP contribution >= 0.6 is 11.8 Å². The zero-order chi connectivity index (χ0) is 24.9. The third-order valence-electron chi connectivity index (χ3n) is 5.49. The van der Waals surface area contributed by atoms with Crippen LogP contribution in [0, 0.1) is 6.92 Å². The number of hydrogen-bond acceptors (Lipinski definition) is 5. The van der Waals surface area contributed by atoms with Gasteiger partial charge in [0.15, 0.2) is 5.82 Å². The number of nitrogens with zero attached hydrogens (tertiary/aromatic N) is 4. The SMILES string of the molecule is CC.Cc1cccc(Cn2ccc3cc(N4C(=O)NCc5c(SCC(=O)O)ncnc54)ccc32)c1. The van der Waals surface area contributed by atoms with E-state index in [1.807, 2.05) is 44.3 Å². The molecular formula is C26H27N5O3S. The Morgan fingerprint density at radius 1 is 1.14 bits per heavy atom. The summed E-state index contributed by atoms with van der Waals surface area (Å²) in [5, 5.41) is 13.4. The standard InChI is InChI=1S/C24H21N5O3S.C2H6/c1-15-3-2-4-16(9-15)12-28-8-7-17-10-18(5-6-20(17)28)29-22-19(11-25-24(29)32)23(27-14-26-22)33-13-21(30)31;1-2/h2-10,14H,11-13H2,1H3,(H,25,32)(H,30,31);1-2H3. The summed E-state index contributed by atoms with van der Waals surface area (Å²) in [5.74, 6) is -0.567. The molecule has 0 saturated heterocycles. The molecule has 3 heterocycles. The van der Waals surface area contributed by atoms with Crippen molar-refractivity contribution in [2.45, 2.75) is 38.9 Å². The van der Waals surface area contributed by atoms with E-state index in [1.165, 1.54) is 22.4 Å². The molecule has 5 rings (SSSR count). The molecule has 4 aromatic rings. The predicted molar refractivity (Wildman–Crippen MR) is 138 cm³/mol. The molecule has 1 aliphatic heterocycles. The Labute approximate surface area is 208 Å². The summed E-state index contributed by atoms with van der Waals surface area (Å²) in [6, 6.07) is 16.0. The van der Waals surface area contributed by atoms with Gasteiger partial charge in [-0.05, 0) is 36.8 Å². The molecule has 0 fully saturated rings. The quantitative estimate of drug-likeness (QED) is 0.280. The van der Waals surface area contributed by atoms with E-state index in [2.05, 4.69) is 51.0 Å². The number of rotatable bonds is 6. The fourth-order valence-corrected chi connectivity index (χ4v) is 4.76. The highest BCUT2D eigenvalue weighted by Crippen LogP contribution is 2.35. The molecule has 0 aliphatic carbocycles.